The number of thiophene rings is 1. The van der Waals surface area contributed by atoms with Gasteiger partial charge in [-0.05, 0) is 38.8 Å². The summed E-state index contributed by atoms with van der Waals surface area (Å²) in [6.45, 7) is 9.72. The van der Waals surface area contributed by atoms with E-state index in [1.807, 2.05) is 6.07 Å². The number of hydrogen-bond donors (Lipinski definition) is 1. The lowest BCUT2D eigenvalue weighted by Crippen LogP contribution is -2.35. The molecule has 5 atom stereocenters. The molecule has 2 rings (SSSR count). The highest BCUT2D eigenvalue weighted by Crippen LogP contribution is 2.45. The Balaban J connectivity index is 2.30. The van der Waals surface area contributed by atoms with E-state index in [9.17, 15) is 0 Å². The summed E-state index contributed by atoms with van der Waals surface area (Å²) in [5.41, 5.74) is 1.12. The number of nitrogens with one attached hydrogen (secondary N) is 1. The standard InChI is InChI=1S/C15H23Cl2NOS/c1-5-6-18-14(11-7-12(16)20-15(11)17)13-8(2)9(3)19-10(13)4/h7-10,13-14,18H,5-6H2,1-4H3. The highest BCUT2D eigenvalue weighted by molar-refractivity contribution is 7.20. The van der Waals surface area contributed by atoms with Crippen LogP contribution in [0.25, 0.3) is 0 Å². The Kier molecular flexibility index (Phi) is 5.78. The molecular weight excluding hydrogens is 313 g/mol. The van der Waals surface area contributed by atoms with Crippen LogP contribution in [0.5, 0.6) is 0 Å². The number of ether oxygens (including phenoxy) is 1. The van der Waals surface area contributed by atoms with Crippen molar-refractivity contribution in [2.24, 2.45) is 11.8 Å². The third kappa shape index (κ3) is 3.33. The van der Waals surface area contributed by atoms with Gasteiger partial charge in [0.25, 0.3) is 0 Å². The fourth-order valence-electron chi connectivity index (χ4n) is 3.19. The first-order valence-corrected chi connectivity index (χ1v) is 8.86. The Bertz CT molecular complexity index is 451. The molecule has 5 unspecified atom stereocenters. The van der Waals surface area contributed by atoms with Crippen molar-refractivity contribution in [3.8, 4) is 0 Å². The Hall–Kier alpha value is 0.200. The molecule has 2 heterocycles. The zero-order valence-electron chi connectivity index (χ0n) is 12.5. The largest absolute Gasteiger partial charge is 0.375 e. The number of halogens is 2. The normalized spacial score (nSPS) is 31.7. The molecule has 0 saturated carbocycles. The van der Waals surface area contributed by atoms with Crippen LogP contribution in [-0.2, 0) is 4.74 Å². The van der Waals surface area contributed by atoms with E-state index >= 15 is 0 Å². The summed E-state index contributed by atoms with van der Waals surface area (Å²) in [6, 6.07) is 2.21. The van der Waals surface area contributed by atoms with Crippen molar-refractivity contribution in [1.29, 1.82) is 0 Å². The van der Waals surface area contributed by atoms with Gasteiger partial charge in [0, 0.05) is 17.5 Å². The molecule has 0 aliphatic carbocycles. The summed E-state index contributed by atoms with van der Waals surface area (Å²) < 4.78 is 7.55. The summed E-state index contributed by atoms with van der Waals surface area (Å²) in [5.74, 6) is 0.911. The topological polar surface area (TPSA) is 21.3 Å². The van der Waals surface area contributed by atoms with Gasteiger partial charge in [-0.25, -0.2) is 0 Å². The molecule has 114 valence electrons. The van der Waals surface area contributed by atoms with Crippen molar-refractivity contribution >= 4 is 34.5 Å². The lowest BCUT2D eigenvalue weighted by Gasteiger charge is -2.30. The van der Waals surface area contributed by atoms with Gasteiger partial charge in [-0.1, -0.05) is 37.0 Å². The second-order valence-electron chi connectivity index (χ2n) is 5.69. The van der Waals surface area contributed by atoms with Crippen molar-refractivity contribution in [2.45, 2.75) is 52.4 Å². The van der Waals surface area contributed by atoms with Gasteiger partial charge in [0.1, 0.15) is 0 Å². The maximum Gasteiger partial charge on any atom is 0.0992 e. The maximum atomic E-state index is 6.38. The van der Waals surface area contributed by atoms with Crippen molar-refractivity contribution in [1.82, 2.24) is 5.32 Å². The van der Waals surface area contributed by atoms with E-state index in [-0.39, 0.29) is 18.2 Å². The van der Waals surface area contributed by atoms with E-state index in [1.54, 1.807) is 0 Å². The van der Waals surface area contributed by atoms with Crippen LogP contribution in [0.15, 0.2) is 6.07 Å². The number of rotatable bonds is 5. The van der Waals surface area contributed by atoms with Crippen LogP contribution in [0.3, 0.4) is 0 Å². The van der Waals surface area contributed by atoms with E-state index in [2.05, 4.69) is 33.0 Å². The van der Waals surface area contributed by atoms with Gasteiger partial charge in [0.2, 0.25) is 0 Å². The van der Waals surface area contributed by atoms with Crippen LogP contribution in [0.4, 0.5) is 0 Å². The van der Waals surface area contributed by atoms with Crippen LogP contribution in [0.1, 0.15) is 45.7 Å². The van der Waals surface area contributed by atoms with Crippen molar-refractivity contribution in [3.63, 3.8) is 0 Å². The zero-order valence-corrected chi connectivity index (χ0v) is 14.8. The quantitative estimate of drug-likeness (QED) is 0.802. The number of hydrogen-bond acceptors (Lipinski definition) is 3. The van der Waals surface area contributed by atoms with Crippen molar-refractivity contribution < 1.29 is 4.74 Å². The Morgan fingerprint density at radius 1 is 1.30 bits per heavy atom. The fraction of sp³-hybridized carbons (Fsp3) is 0.733. The van der Waals surface area contributed by atoms with Crippen LogP contribution < -0.4 is 5.32 Å². The molecular formula is C15H23Cl2NOS. The molecule has 2 nitrogen and oxygen atoms in total. The lowest BCUT2D eigenvalue weighted by atomic mass is 9.81. The average molecular weight is 336 g/mol. The summed E-state index contributed by atoms with van der Waals surface area (Å²) in [6.07, 6.45) is 1.61. The first-order valence-electron chi connectivity index (χ1n) is 7.29. The molecule has 0 spiro atoms. The lowest BCUT2D eigenvalue weighted by molar-refractivity contribution is 0.0475. The van der Waals surface area contributed by atoms with E-state index in [0.29, 0.717) is 11.8 Å². The molecule has 20 heavy (non-hydrogen) atoms. The minimum absolute atomic E-state index is 0.209. The van der Waals surface area contributed by atoms with Crippen LogP contribution in [0.2, 0.25) is 8.67 Å². The van der Waals surface area contributed by atoms with Gasteiger partial charge in [0.05, 0.1) is 20.9 Å². The zero-order chi connectivity index (χ0) is 14.9. The van der Waals surface area contributed by atoms with Gasteiger partial charge in [0.15, 0.2) is 0 Å². The summed E-state index contributed by atoms with van der Waals surface area (Å²) in [5, 5.41) is 3.65. The smallest absolute Gasteiger partial charge is 0.0992 e. The molecule has 1 aliphatic rings. The van der Waals surface area contributed by atoms with Gasteiger partial charge in [-0.2, -0.15) is 0 Å². The Labute approximate surface area is 135 Å². The van der Waals surface area contributed by atoms with Crippen LogP contribution in [0, 0.1) is 11.8 Å². The summed E-state index contributed by atoms with van der Waals surface area (Å²) in [4.78, 5) is 0. The molecule has 1 N–H and O–H groups in total. The molecule has 0 amide bonds. The van der Waals surface area contributed by atoms with Gasteiger partial charge in [-0.15, -0.1) is 11.3 Å². The molecule has 0 aromatic carbocycles. The molecule has 1 aliphatic heterocycles. The van der Waals surface area contributed by atoms with Crippen LogP contribution in [-0.4, -0.2) is 18.8 Å². The van der Waals surface area contributed by atoms with E-state index in [1.165, 1.54) is 11.3 Å². The average Bonchev–Trinajstić information content (AvgIpc) is 2.83. The summed E-state index contributed by atoms with van der Waals surface area (Å²) in [7, 11) is 0. The summed E-state index contributed by atoms with van der Waals surface area (Å²) >= 11 is 14.0. The Morgan fingerprint density at radius 3 is 2.45 bits per heavy atom. The first-order chi connectivity index (χ1) is 9.45. The molecule has 5 heteroatoms. The van der Waals surface area contributed by atoms with E-state index in [4.69, 9.17) is 27.9 Å². The minimum atomic E-state index is 0.209. The molecule has 1 aromatic heterocycles. The van der Waals surface area contributed by atoms with Gasteiger partial charge < -0.3 is 10.1 Å². The van der Waals surface area contributed by atoms with Crippen molar-refractivity contribution in [3.05, 3.63) is 20.3 Å². The third-order valence-corrected chi connectivity index (χ3v) is 5.85. The molecule has 1 fully saturated rings. The second kappa shape index (κ2) is 6.97. The maximum absolute atomic E-state index is 6.38. The van der Waals surface area contributed by atoms with E-state index < -0.39 is 0 Å². The molecule has 1 saturated heterocycles. The Morgan fingerprint density at radius 2 is 2.00 bits per heavy atom. The predicted molar refractivity (Wildman–Crippen MR) is 88.0 cm³/mol. The second-order valence-corrected chi connectivity index (χ2v) is 7.98. The van der Waals surface area contributed by atoms with E-state index in [0.717, 1.165) is 27.2 Å². The highest BCUT2D eigenvalue weighted by Gasteiger charge is 2.42. The van der Waals surface area contributed by atoms with Crippen molar-refractivity contribution in [2.75, 3.05) is 6.54 Å². The fourth-order valence-corrected chi connectivity index (χ4v) is 4.74. The van der Waals surface area contributed by atoms with Crippen LogP contribution >= 0.6 is 34.5 Å². The molecule has 0 bridgehead atoms. The third-order valence-electron chi connectivity index (χ3n) is 4.34. The van der Waals surface area contributed by atoms with Gasteiger partial charge >= 0.3 is 0 Å². The van der Waals surface area contributed by atoms with Gasteiger partial charge in [-0.3, -0.25) is 0 Å². The monoisotopic (exact) mass is 335 g/mol. The molecule has 0 radical (unpaired) electrons. The first kappa shape index (κ1) is 16.6. The minimum Gasteiger partial charge on any atom is -0.375 e. The SMILES string of the molecule is CCCNC(c1cc(Cl)sc1Cl)C1C(C)OC(C)C1C. The highest BCUT2D eigenvalue weighted by atomic mass is 35.5. The molecule has 1 aromatic rings. The predicted octanol–water partition coefficient (Wildman–Crippen LogP) is 5.16.